The van der Waals surface area contributed by atoms with E-state index < -0.39 is 23.9 Å². The molecule has 1 amide bonds. The number of nitrogens with one attached hydrogen (secondary N) is 1. The predicted molar refractivity (Wildman–Crippen MR) is 81.2 cm³/mol. The van der Waals surface area contributed by atoms with Gasteiger partial charge in [-0.2, -0.15) is 0 Å². The van der Waals surface area contributed by atoms with Crippen molar-refractivity contribution < 1.29 is 23.5 Å². The van der Waals surface area contributed by atoms with E-state index in [1.165, 1.54) is 24.5 Å². The molecule has 0 aliphatic rings. The van der Waals surface area contributed by atoms with Crippen molar-refractivity contribution in [3.8, 4) is 0 Å². The van der Waals surface area contributed by atoms with E-state index in [0.29, 0.717) is 5.56 Å². The Morgan fingerprint density at radius 1 is 1.26 bits per heavy atom. The molecule has 0 saturated carbocycles. The largest absolute Gasteiger partial charge is 0.461 e. The zero-order chi connectivity index (χ0) is 16.8. The fourth-order valence-electron chi connectivity index (χ4n) is 2.21. The predicted octanol–water partition coefficient (Wildman–Crippen LogP) is 2.62. The van der Waals surface area contributed by atoms with Crippen molar-refractivity contribution in [2.45, 2.75) is 31.9 Å². The zero-order valence-corrected chi connectivity index (χ0v) is 12.7. The Labute approximate surface area is 133 Å². The van der Waals surface area contributed by atoms with Crippen LogP contribution in [0.25, 0.3) is 0 Å². The van der Waals surface area contributed by atoms with Crippen molar-refractivity contribution in [3.05, 3.63) is 59.8 Å². The minimum absolute atomic E-state index is 0.0926. The van der Waals surface area contributed by atoms with E-state index in [9.17, 15) is 19.1 Å². The molecule has 0 fully saturated rings. The highest BCUT2D eigenvalue weighted by molar-refractivity contribution is 5.94. The number of ketones is 1. The second kappa shape index (κ2) is 7.69. The SMILES string of the molecule is CC(CC(=O)c1ccco1)NC(=O)CC(O)c1cccc(F)c1. The first-order chi connectivity index (χ1) is 11.0. The Morgan fingerprint density at radius 3 is 2.70 bits per heavy atom. The van der Waals surface area contributed by atoms with Gasteiger partial charge in [0, 0.05) is 12.5 Å². The van der Waals surface area contributed by atoms with Crippen LogP contribution in [0.15, 0.2) is 47.1 Å². The summed E-state index contributed by atoms with van der Waals surface area (Å²) >= 11 is 0. The molecule has 0 aliphatic heterocycles. The summed E-state index contributed by atoms with van der Waals surface area (Å²) in [6.07, 6.45) is 0.197. The maximum atomic E-state index is 13.1. The number of amides is 1. The molecule has 6 heteroatoms. The lowest BCUT2D eigenvalue weighted by molar-refractivity contribution is -0.123. The third kappa shape index (κ3) is 5.03. The molecule has 2 rings (SSSR count). The van der Waals surface area contributed by atoms with Crippen LogP contribution in [-0.4, -0.2) is 22.8 Å². The number of carbonyl (C=O) groups excluding carboxylic acids is 2. The van der Waals surface area contributed by atoms with Crippen molar-refractivity contribution >= 4 is 11.7 Å². The monoisotopic (exact) mass is 319 g/mol. The van der Waals surface area contributed by atoms with Crippen LogP contribution in [0.4, 0.5) is 4.39 Å². The summed E-state index contributed by atoms with van der Waals surface area (Å²) in [5.74, 6) is -0.861. The summed E-state index contributed by atoms with van der Waals surface area (Å²) in [6, 6.07) is 8.23. The number of aliphatic hydroxyl groups is 1. The summed E-state index contributed by atoms with van der Waals surface area (Å²) < 4.78 is 18.1. The van der Waals surface area contributed by atoms with Gasteiger partial charge in [-0.3, -0.25) is 9.59 Å². The molecule has 122 valence electrons. The standard InChI is InChI=1S/C17H18FNO4/c1-11(8-15(21)16-6-3-7-23-16)19-17(22)10-14(20)12-4-2-5-13(18)9-12/h2-7,9,11,14,20H,8,10H2,1H3,(H,19,22). The highest BCUT2D eigenvalue weighted by Crippen LogP contribution is 2.17. The van der Waals surface area contributed by atoms with Crippen molar-refractivity contribution in [2.75, 3.05) is 0 Å². The number of halogens is 1. The van der Waals surface area contributed by atoms with E-state index in [-0.39, 0.29) is 24.4 Å². The van der Waals surface area contributed by atoms with Crippen molar-refractivity contribution in [3.63, 3.8) is 0 Å². The van der Waals surface area contributed by atoms with Gasteiger partial charge >= 0.3 is 0 Å². The molecular weight excluding hydrogens is 301 g/mol. The van der Waals surface area contributed by atoms with Gasteiger partial charge < -0.3 is 14.8 Å². The van der Waals surface area contributed by atoms with Gasteiger partial charge in [0.2, 0.25) is 5.91 Å². The molecule has 0 aliphatic carbocycles. The molecule has 23 heavy (non-hydrogen) atoms. The van der Waals surface area contributed by atoms with Gasteiger partial charge in [-0.25, -0.2) is 4.39 Å². The summed E-state index contributed by atoms with van der Waals surface area (Å²) in [5, 5.41) is 12.6. The maximum absolute atomic E-state index is 13.1. The molecule has 1 aromatic heterocycles. The average molecular weight is 319 g/mol. The lowest BCUT2D eigenvalue weighted by Gasteiger charge is -2.15. The number of aliphatic hydroxyl groups excluding tert-OH is 1. The quantitative estimate of drug-likeness (QED) is 0.769. The third-order valence-electron chi connectivity index (χ3n) is 3.31. The maximum Gasteiger partial charge on any atom is 0.223 e. The van der Waals surface area contributed by atoms with Gasteiger partial charge in [0.1, 0.15) is 5.82 Å². The third-order valence-corrected chi connectivity index (χ3v) is 3.31. The van der Waals surface area contributed by atoms with Gasteiger partial charge in [0.15, 0.2) is 11.5 Å². The number of hydrogen-bond acceptors (Lipinski definition) is 4. The lowest BCUT2D eigenvalue weighted by atomic mass is 10.1. The average Bonchev–Trinajstić information content (AvgIpc) is 3.01. The summed E-state index contributed by atoms with van der Waals surface area (Å²) in [4.78, 5) is 23.7. The molecule has 2 aromatic rings. The molecule has 0 bridgehead atoms. The van der Waals surface area contributed by atoms with E-state index in [1.807, 2.05) is 0 Å². The first-order valence-corrected chi connectivity index (χ1v) is 7.25. The first-order valence-electron chi connectivity index (χ1n) is 7.25. The Morgan fingerprint density at radius 2 is 2.04 bits per heavy atom. The van der Waals surface area contributed by atoms with E-state index in [0.717, 1.165) is 0 Å². The lowest BCUT2D eigenvalue weighted by Crippen LogP contribution is -2.35. The van der Waals surface area contributed by atoms with Gasteiger partial charge in [-0.1, -0.05) is 12.1 Å². The van der Waals surface area contributed by atoms with Crippen LogP contribution < -0.4 is 5.32 Å². The normalized spacial score (nSPS) is 13.3. The molecule has 2 unspecified atom stereocenters. The van der Waals surface area contributed by atoms with Crippen molar-refractivity contribution in [1.29, 1.82) is 0 Å². The topological polar surface area (TPSA) is 79.5 Å². The first kappa shape index (κ1) is 16.9. The molecule has 0 spiro atoms. The summed E-state index contributed by atoms with van der Waals surface area (Å²) in [7, 11) is 0. The van der Waals surface area contributed by atoms with Crippen LogP contribution in [0.1, 0.15) is 42.0 Å². The molecular formula is C17H18FNO4. The van der Waals surface area contributed by atoms with E-state index in [4.69, 9.17) is 4.42 Å². The number of rotatable bonds is 7. The van der Waals surface area contributed by atoms with E-state index in [1.54, 1.807) is 25.1 Å². The molecule has 2 atom stereocenters. The smallest absolute Gasteiger partial charge is 0.223 e. The Balaban J connectivity index is 1.83. The molecule has 1 aromatic carbocycles. The highest BCUT2D eigenvalue weighted by Gasteiger charge is 2.18. The van der Waals surface area contributed by atoms with E-state index >= 15 is 0 Å². The van der Waals surface area contributed by atoms with Crippen LogP contribution in [0.2, 0.25) is 0 Å². The number of hydrogen-bond donors (Lipinski definition) is 2. The van der Waals surface area contributed by atoms with Crippen LogP contribution in [0.3, 0.4) is 0 Å². The Bertz CT molecular complexity index is 669. The van der Waals surface area contributed by atoms with Crippen LogP contribution >= 0.6 is 0 Å². The Hall–Kier alpha value is -2.47. The summed E-state index contributed by atoms with van der Waals surface area (Å²) in [5.41, 5.74) is 0.333. The van der Waals surface area contributed by atoms with Gasteiger partial charge in [-0.05, 0) is 36.8 Å². The highest BCUT2D eigenvalue weighted by atomic mass is 19.1. The molecule has 0 saturated heterocycles. The van der Waals surface area contributed by atoms with Gasteiger partial charge in [-0.15, -0.1) is 0 Å². The number of carbonyl (C=O) groups is 2. The number of furan rings is 1. The minimum Gasteiger partial charge on any atom is -0.461 e. The number of benzene rings is 1. The van der Waals surface area contributed by atoms with Gasteiger partial charge in [0.25, 0.3) is 0 Å². The zero-order valence-electron chi connectivity index (χ0n) is 12.7. The minimum atomic E-state index is -1.10. The fraction of sp³-hybridized carbons (Fsp3) is 0.294. The van der Waals surface area contributed by atoms with Crippen molar-refractivity contribution in [2.24, 2.45) is 0 Å². The molecule has 2 N–H and O–H groups in total. The molecule has 0 radical (unpaired) electrons. The van der Waals surface area contributed by atoms with Crippen LogP contribution in [0, 0.1) is 5.82 Å². The second-order valence-electron chi connectivity index (χ2n) is 5.35. The van der Waals surface area contributed by atoms with E-state index in [2.05, 4.69) is 5.32 Å². The Kier molecular flexibility index (Phi) is 5.65. The molecule has 5 nitrogen and oxygen atoms in total. The fourth-order valence-corrected chi connectivity index (χ4v) is 2.21. The number of Topliss-reactive ketones (excluding diaryl/α,β-unsaturated/α-hetero) is 1. The summed E-state index contributed by atoms with van der Waals surface area (Å²) in [6.45, 7) is 1.69. The van der Waals surface area contributed by atoms with Crippen molar-refractivity contribution in [1.82, 2.24) is 5.32 Å². The van der Waals surface area contributed by atoms with Crippen LogP contribution in [0.5, 0.6) is 0 Å². The molecule has 1 heterocycles. The second-order valence-corrected chi connectivity index (χ2v) is 5.35. The van der Waals surface area contributed by atoms with Crippen LogP contribution in [-0.2, 0) is 4.79 Å². The van der Waals surface area contributed by atoms with Gasteiger partial charge in [0.05, 0.1) is 18.8 Å².